The molecule has 2 saturated heterocycles. The number of carbonyl (C=O) groups excluding carboxylic acids is 1. The lowest BCUT2D eigenvalue weighted by atomic mass is 10.1. The minimum absolute atomic E-state index is 0.239. The number of carbonyl (C=O) groups is 1. The lowest BCUT2D eigenvalue weighted by Gasteiger charge is -2.23. The second kappa shape index (κ2) is 5.83. The van der Waals surface area contributed by atoms with Gasteiger partial charge in [-0.2, -0.15) is 0 Å². The largest absolute Gasteiger partial charge is 0.462 e. The smallest absolute Gasteiger partial charge is 0.340 e. The number of hydrogen-bond acceptors (Lipinski definition) is 4. The van der Waals surface area contributed by atoms with Gasteiger partial charge >= 0.3 is 5.97 Å². The normalized spacial score (nSPS) is 25.4. The maximum atomic E-state index is 12.0. The first kappa shape index (κ1) is 13.4. The van der Waals surface area contributed by atoms with Crippen molar-refractivity contribution in [1.29, 1.82) is 0 Å². The molecule has 2 heterocycles. The van der Waals surface area contributed by atoms with Crippen LogP contribution in [0, 0.1) is 0 Å². The summed E-state index contributed by atoms with van der Waals surface area (Å²) in [6.07, 6.45) is 3.71. The van der Waals surface area contributed by atoms with Crippen molar-refractivity contribution in [3.05, 3.63) is 29.8 Å². The standard InChI is InChI=1S/C16H22N2O2/c1-2-20-16(19)12-6-3-4-7-13(12)17-14-9-11-18-10-5-8-15(14)18/h3-4,6-7,14-15,17H,2,5,8-11H2,1H3. The van der Waals surface area contributed by atoms with Gasteiger partial charge in [-0.05, 0) is 44.9 Å². The molecule has 2 aliphatic heterocycles. The number of nitrogens with one attached hydrogen (secondary N) is 1. The lowest BCUT2D eigenvalue weighted by molar-refractivity contribution is 0.0527. The van der Waals surface area contributed by atoms with E-state index in [0.717, 1.165) is 12.1 Å². The molecule has 2 unspecified atom stereocenters. The van der Waals surface area contributed by atoms with Crippen LogP contribution in [0.2, 0.25) is 0 Å². The fourth-order valence-electron chi connectivity index (χ4n) is 3.45. The third kappa shape index (κ3) is 2.52. The zero-order valence-electron chi connectivity index (χ0n) is 12.0. The fourth-order valence-corrected chi connectivity index (χ4v) is 3.45. The first-order valence-electron chi connectivity index (χ1n) is 7.56. The summed E-state index contributed by atoms with van der Waals surface area (Å²) in [6.45, 7) is 4.64. The van der Waals surface area contributed by atoms with Crippen molar-refractivity contribution in [3.63, 3.8) is 0 Å². The highest BCUT2D eigenvalue weighted by Gasteiger charge is 2.37. The Kier molecular flexibility index (Phi) is 3.92. The molecule has 0 aliphatic carbocycles. The Morgan fingerprint density at radius 1 is 1.35 bits per heavy atom. The molecule has 2 atom stereocenters. The SMILES string of the molecule is CCOC(=O)c1ccccc1NC1CCN2CCCC12. The molecule has 4 nitrogen and oxygen atoms in total. The maximum Gasteiger partial charge on any atom is 0.340 e. The van der Waals surface area contributed by atoms with Gasteiger partial charge in [0.2, 0.25) is 0 Å². The van der Waals surface area contributed by atoms with Crippen molar-refractivity contribution < 1.29 is 9.53 Å². The number of fused-ring (bicyclic) bond motifs is 1. The zero-order valence-corrected chi connectivity index (χ0v) is 12.0. The van der Waals surface area contributed by atoms with Crippen LogP contribution >= 0.6 is 0 Å². The molecule has 1 N–H and O–H groups in total. The monoisotopic (exact) mass is 274 g/mol. The minimum Gasteiger partial charge on any atom is -0.462 e. The molecular formula is C16H22N2O2. The molecule has 4 heteroatoms. The lowest BCUT2D eigenvalue weighted by Crippen LogP contribution is -2.34. The summed E-state index contributed by atoms with van der Waals surface area (Å²) in [7, 11) is 0. The van der Waals surface area contributed by atoms with Gasteiger partial charge in [-0.1, -0.05) is 12.1 Å². The zero-order chi connectivity index (χ0) is 13.9. The molecule has 0 bridgehead atoms. The van der Waals surface area contributed by atoms with Crippen LogP contribution < -0.4 is 5.32 Å². The Labute approximate surface area is 120 Å². The summed E-state index contributed by atoms with van der Waals surface area (Å²) in [5, 5.41) is 3.58. The minimum atomic E-state index is -0.239. The first-order chi connectivity index (χ1) is 9.79. The second-order valence-electron chi connectivity index (χ2n) is 5.55. The molecule has 0 aromatic heterocycles. The van der Waals surface area contributed by atoms with Gasteiger partial charge in [0, 0.05) is 24.3 Å². The fraction of sp³-hybridized carbons (Fsp3) is 0.562. The van der Waals surface area contributed by atoms with Gasteiger partial charge in [0.25, 0.3) is 0 Å². The Morgan fingerprint density at radius 3 is 3.05 bits per heavy atom. The van der Waals surface area contributed by atoms with E-state index in [0.29, 0.717) is 24.3 Å². The molecule has 1 aromatic rings. The molecule has 3 rings (SSSR count). The molecule has 0 saturated carbocycles. The summed E-state index contributed by atoms with van der Waals surface area (Å²) in [4.78, 5) is 14.6. The third-order valence-corrected chi connectivity index (χ3v) is 4.37. The molecule has 2 fully saturated rings. The summed E-state index contributed by atoms with van der Waals surface area (Å²) in [6, 6.07) is 8.74. The van der Waals surface area contributed by atoms with E-state index in [2.05, 4.69) is 10.2 Å². The molecule has 0 amide bonds. The van der Waals surface area contributed by atoms with Crippen LogP contribution in [0.1, 0.15) is 36.5 Å². The predicted molar refractivity (Wildman–Crippen MR) is 79.0 cm³/mol. The van der Waals surface area contributed by atoms with E-state index in [1.54, 1.807) is 0 Å². The molecular weight excluding hydrogens is 252 g/mol. The van der Waals surface area contributed by atoms with Gasteiger partial charge < -0.3 is 10.1 Å². The Bertz CT molecular complexity index is 489. The van der Waals surface area contributed by atoms with Gasteiger partial charge in [0.15, 0.2) is 0 Å². The van der Waals surface area contributed by atoms with E-state index in [1.807, 2.05) is 31.2 Å². The molecule has 108 valence electrons. The van der Waals surface area contributed by atoms with E-state index in [9.17, 15) is 4.79 Å². The highest BCUT2D eigenvalue weighted by molar-refractivity contribution is 5.95. The summed E-state index contributed by atoms with van der Waals surface area (Å²) < 4.78 is 5.13. The van der Waals surface area contributed by atoms with Gasteiger partial charge in [-0.3, -0.25) is 4.90 Å². The van der Waals surface area contributed by atoms with E-state index in [-0.39, 0.29) is 5.97 Å². The third-order valence-electron chi connectivity index (χ3n) is 4.37. The van der Waals surface area contributed by atoms with Gasteiger partial charge in [-0.15, -0.1) is 0 Å². The Balaban J connectivity index is 1.75. The quantitative estimate of drug-likeness (QED) is 0.857. The van der Waals surface area contributed by atoms with Gasteiger partial charge in [-0.25, -0.2) is 4.79 Å². The van der Waals surface area contributed by atoms with Crippen molar-refractivity contribution in [3.8, 4) is 0 Å². The molecule has 0 radical (unpaired) electrons. The van der Waals surface area contributed by atoms with Crippen LogP contribution in [-0.2, 0) is 4.74 Å². The van der Waals surface area contributed by atoms with E-state index >= 15 is 0 Å². The van der Waals surface area contributed by atoms with Gasteiger partial charge in [0.05, 0.1) is 12.2 Å². The summed E-state index contributed by atoms with van der Waals surface area (Å²) in [5.74, 6) is -0.239. The van der Waals surface area contributed by atoms with Crippen LogP contribution in [-0.4, -0.2) is 42.6 Å². The van der Waals surface area contributed by atoms with Crippen LogP contribution in [0.3, 0.4) is 0 Å². The summed E-state index contributed by atoms with van der Waals surface area (Å²) >= 11 is 0. The highest BCUT2D eigenvalue weighted by atomic mass is 16.5. The average Bonchev–Trinajstić information content (AvgIpc) is 3.05. The number of rotatable bonds is 4. The first-order valence-corrected chi connectivity index (χ1v) is 7.56. The topological polar surface area (TPSA) is 41.6 Å². The molecule has 0 spiro atoms. The molecule has 20 heavy (non-hydrogen) atoms. The van der Waals surface area contributed by atoms with Crippen molar-refractivity contribution in [1.82, 2.24) is 4.90 Å². The average molecular weight is 274 g/mol. The van der Waals surface area contributed by atoms with Crippen molar-refractivity contribution in [2.45, 2.75) is 38.3 Å². The van der Waals surface area contributed by atoms with E-state index in [4.69, 9.17) is 4.74 Å². The number of esters is 1. The molecule has 1 aromatic carbocycles. The number of hydrogen-bond donors (Lipinski definition) is 1. The van der Waals surface area contributed by atoms with Crippen LogP contribution in [0.4, 0.5) is 5.69 Å². The van der Waals surface area contributed by atoms with Gasteiger partial charge in [0.1, 0.15) is 0 Å². The Morgan fingerprint density at radius 2 is 2.20 bits per heavy atom. The van der Waals surface area contributed by atoms with Crippen molar-refractivity contribution in [2.24, 2.45) is 0 Å². The number of para-hydroxylation sites is 1. The van der Waals surface area contributed by atoms with Crippen LogP contribution in [0.15, 0.2) is 24.3 Å². The number of ether oxygens (including phenoxy) is 1. The van der Waals surface area contributed by atoms with Crippen LogP contribution in [0.5, 0.6) is 0 Å². The van der Waals surface area contributed by atoms with Crippen LogP contribution in [0.25, 0.3) is 0 Å². The summed E-state index contributed by atoms with van der Waals surface area (Å²) in [5.41, 5.74) is 1.55. The van der Waals surface area contributed by atoms with Crippen molar-refractivity contribution >= 4 is 11.7 Å². The Hall–Kier alpha value is -1.55. The molecule has 2 aliphatic rings. The van der Waals surface area contributed by atoms with E-state index in [1.165, 1.54) is 25.9 Å². The predicted octanol–water partition coefficient (Wildman–Crippen LogP) is 2.51. The number of benzene rings is 1. The second-order valence-corrected chi connectivity index (χ2v) is 5.55. The number of anilines is 1. The van der Waals surface area contributed by atoms with E-state index < -0.39 is 0 Å². The number of nitrogens with zero attached hydrogens (tertiary/aromatic N) is 1. The maximum absolute atomic E-state index is 12.0. The highest BCUT2D eigenvalue weighted by Crippen LogP contribution is 2.31. The van der Waals surface area contributed by atoms with Crippen molar-refractivity contribution in [2.75, 3.05) is 25.0 Å².